The average molecular weight is 256 g/mol. The van der Waals surface area contributed by atoms with Crippen molar-refractivity contribution in [1.82, 2.24) is 0 Å². The Morgan fingerprint density at radius 3 is 2.58 bits per heavy atom. The largest absolute Gasteiger partial charge is 0.0654 e. The molecule has 0 aromatic heterocycles. The predicted octanol–water partition coefficient (Wildman–Crippen LogP) is 5.96. The molecule has 0 nitrogen and oxygen atoms in total. The lowest BCUT2D eigenvalue weighted by Crippen LogP contribution is -2.15. The molecule has 104 valence electrons. The summed E-state index contributed by atoms with van der Waals surface area (Å²) < 4.78 is 0. The number of aryl methyl sites for hydroxylation is 1. The van der Waals surface area contributed by atoms with Crippen molar-refractivity contribution < 1.29 is 0 Å². The van der Waals surface area contributed by atoms with Gasteiger partial charge >= 0.3 is 0 Å². The molecular weight excluding hydrogens is 228 g/mol. The molecule has 0 aliphatic heterocycles. The van der Waals surface area contributed by atoms with Crippen LogP contribution < -0.4 is 0 Å². The van der Waals surface area contributed by atoms with Gasteiger partial charge in [0.15, 0.2) is 0 Å². The van der Waals surface area contributed by atoms with E-state index in [0.717, 1.165) is 11.8 Å². The second-order valence-electron chi connectivity index (χ2n) is 6.28. The van der Waals surface area contributed by atoms with Crippen LogP contribution in [-0.4, -0.2) is 0 Å². The van der Waals surface area contributed by atoms with E-state index >= 15 is 0 Å². The molecule has 0 saturated carbocycles. The Hall–Kier alpha value is -1.04. The van der Waals surface area contributed by atoms with Gasteiger partial charge in [-0.3, -0.25) is 0 Å². The maximum atomic E-state index is 2.48. The molecule has 0 N–H and O–H groups in total. The highest BCUT2D eigenvalue weighted by Gasteiger charge is 2.28. The van der Waals surface area contributed by atoms with E-state index in [2.05, 4.69) is 58.9 Å². The molecule has 0 heteroatoms. The number of allylic oxidation sites excluding steroid dienone is 1. The lowest BCUT2D eigenvalue weighted by molar-refractivity contribution is 0.362. The lowest BCUT2D eigenvalue weighted by Gasteiger charge is -2.27. The summed E-state index contributed by atoms with van der Waals surface area (Å²) in [5, 5.41) is 0. The van der Waals surface area contributed by atoms with E-state index in [-0.39, 0.29) is 0 Å². The molecule has 0 spiro atoms. The van der Waals surface area contributed by atoms with Crippen LogP contribution in [-0.2, 0) is 0 Å². The summed E-state index contributed by atoms with van der Waals surface area (Å²) in [7, 11) is 0. The van der Waals surface area contributed by atoms with Crippen LogP contribution in [0.3, 0.4) is 0 Å². The van der Waals surface area contributed by atoms with Crippen molar-refractivity contribution in [2.75, 3.05) is 0 Å². The summed E-state index contributed by atoms with van der Waals surface area (Å²) in [4.78, 5) is 0. The smallest absolute Gasteiger partial charge is 0.00319 e. The normalized spacial score (nSPS) is 20.9. The zero-order valence-corrected chi connectivity index (χ0v) is 13.2. The fourth-order valence-corrected chi connectivity index (χ4v) is 3.75. The number of hydrogen-bond donors (Lipinski definition) is 0. The molecule has 2 rings (SSSR count). The van der Waals surface area contributed by atoms with Crippen LogP contribution in [0.25, 0.3) is 6.08 Å². The molecule has 1 aromatic rings. The Labute approximate surface area is 118 Å². The number of rotatable bonds is 5. The summed E-state index contributed by atoms with van der Waals surface area (Å²) in [6.07, 6.45) is 6.39. The Balaban J connectivity index is 2.29. The molecule has 1 aliphatic rings. The molecule has 0 radical (unpaired) electrons. The molecule has 0 heterocycles. The fraction of sp³-hybridized carbons (Fsp3) is 0.579. The highest BCUT2D eigenvalue weighted by atomic mass is 14.3. The zero-order chi connectivity index (χ0) is 14.0. The maximum absolute atomic E-state index is 2.48. The minimum atomic E-state index is 0.611. The third-order valence-corrected chi connectivity index (χ3v) is 4.83. The minimum Gasteiger partial charge on any atom is -0.0654 e. The predicted molar refractivity (Wildman–Crippen MR) is 85.4 cm³/mol. The van der Waals surface area contributed by atoms with E-state index in [4.69, 9.17) is 0 Å². The van der Waals surface area contributed by atoms with Crippen molar-refractivity contribution in [3.05, 3.63) is 40.5 Å². The van der Waals surface area contributed by atoms with Gasteiger partial charge in [-0.25, -0.2) is 0 Å². The monoisotopic (exact) mass is 256 g/mol. The van der Waals surface area contributed by atoms with Crippen LogP contribution in [0.1, 0.15) is 69.6 Å². The van der Waals surface area contributed by atoms with Crippen molar-refractivity contribution in [3.8, 4) is 0 Å². The number of benzene rings is 1. The van der Waals surface area contributed by atoms with Gasteiger partial charge in [-0.1, -0.05) is 75.9 Å². The molecule has 0 bridgehead atoms. The molecule has 0 saturated heterocycles. The average Bonchev–Trinajstić information content (AvgIpc) is 2.68. The van der Waals surface area contributed by atoms with Crippen molar-refractivity contribution in [3.63, 3.8) is 0 Å². The highest BCUT2D eigenvalue weighted by molar-refractivity contribution is 5.67. The molecule has 1 aliphatic carbocycles. The maximum Gasteiger partial charge on any atom is 0.00319 e. The summed E-state index contributed by atoms with van der Waals surface area (Å²) in [5.74, 6) is 2.17. The van der Waals surface area contributed by atoms with Gasteiger partial charge in [-0.15, -0.1) is 0 Å². The van der Waals surface area contributed by atoms with Crippen molar-refractivity contribution in [2.45, 2.75) is 59.8 Å². The molecule has 0 fully saturated rings. The molecular formula is C19H28. The Morgan fingerprint density at radius 2 is 1.95 bits per heavy atom. The minimum absolute atomic E-state index is 0.611. The van der Waals surface area contributed by atoms with Crippen LogP contribution >= 0.6 is 0 Å². The van der Waals surface area contributed by atoms with Crippen molar-refractivity contribution in [2.24, 2.45) is 11.8 Å². The topological polar surface area (TPSA) is 0 Å². The number of fused-ring (bicyclic) bond motifs is 1. The van der Waals surface area contributed by atoms with E-state index < -0.39 is 0 Å². The highest BCUT2D eigenvalue weighted by Crippen LogP contribution is 2.43. The summed E-state index contributed by atoms with van der Waals surface area (Å²) in [6, 6.07) is 6.93. The van der Waals surface area contributed by atoms with Gasteiger partial charge in [0, 0.05) is 5.92 Å². The Kier molecular flexibility index (Phi) is 4.50. The molecule has 0 amide bonds. The van der Waals surface area contributed by atoms with E-state index in [9.17, 15) is 0 Å². The third kappa shape index (κ3) is 2.78. The van der Waals surface area contributed by atoms with E-state index in [1.807, 2.05) is 0 Å². The van der Waals surface area contributed by atoms with E-state index in [0.29, 0.717) is 5.92 Å². The standard InChI is InChI=1S/C19H28/c1-6-8-14(4)17(7-2)19-12-16-11-13(3)9-10-18(16)15(19)5/h9-12,14-15,17H,6-8H2,1-5H3. The van der Waals surface area contributed by atoms with Gasteiger partial charge in [-0.2, -0.15) is 0 Å². The second kappa shape index (κ2) is 5.94. The van der Waals surface area contributed by atoms with Gasteiger partial charge in [0.05, 0.1) is 0 Å². The van der Waals surface area contributed by atoms with Gasteiger partial charge in [0.1, 0.15) is 0 Å². The van der Waals surface area contributed by atoms with Gasteiger partial charge in [-0.05, 0) is 36.3 Å². The van der Waals surface area contributed by atoms with Crippen LogP contribution in [0.2, 0.25) is 0 Å². The summed E-state index contributed by atoms with van der Waals surface area (Å²) in [5.41, 5.74) is 6.04. The SMILES string of the molecule is CCCC(C)C(CC)C1=Cc2cc(C)ccc2C1C. The summed E-state index contributed by atoms with van der Waals surface area (Å²) in [6.45, 7) is 11.6. The summed E-state index contributed by atoms with van der Waals surface area (Å²) >= 11 is 0. The van der Waals surface area contributed by atoms with E-state index in [1.54, 1.807) is 5.57 Å². The first-order valence-corrected chi connectivity index (χ1v) is 7.90. The third-order valence-electron chi connectivity index (χ3n) is 4.83. The molecule has 19 heavy (non-hydrogen) atoms. The first kappa shape index (κ1) is 14.4. The Bertz CT molecular complexity index is 467. The van der Waals surface area contributed by atoms with Crippen LogP contribution in [0, 0.1) is 18.8 Å². The molecule has 3 unspecified atom stereocenters. The first-order valence-electron chi connectivity index (χ1n) is 7.90. The quantitative estimate of drug-likeness (QED) is 0.610. The molecule has 1 aromatic carbocycles. The zero-order valence-electron chi connectivity index (χ0n) is 13.2. The Morgan fingerprint density at radius 1 is 1.21 bits per heavy atom. The van der Waals surface area contributed by atoms with Crippen LogP contribution in [0.5, 0.6) is 0 Å². The second-order valence-corrected chi connectivity index (χ2v) is 6.28. The fourth-order valence-electron chi connectivity index (χ4n) is 3.75. The van der Waals surface area contributed by atoms with Gasteiger partial charge < -0.3 is 0 Å². The molecule has 3 atom stereocenters. The van der Waals surface area contributed by atoms with Crippen molar-refractivity contribution >= 4 is 6.08 Å². The van der Waals surface area contributed by atoms with Gasteiger partial charge in [0.25, 0.3) is 0 Å². The van der Waals surface area contributed by atoms with Crippen LogP contribution in [0.15, 0.2) is 23.8 Å². The first-order chi connectivity index (χ1) is 9.08. The van der Waals surface area contributed by atoms with Crippen LogP contribution in [0.4, 0.5) is 0 Å². The van der Waals surface area contributed by atoms with Crippen molar-refractivity contribution in [1.29, 1.82) is 0 Å². The number of hydrogen-bond acceptors (Lipinski definition) is 0. The lowest BCUT2D eigenvalue weighted by atomic mass is 9.78. The van der Waals surface area contributed by atoms with Gasteiger partial charge in [0.2, 0.25) is 0 Å². The van der Waals surface area contributed by atoms with E-state index in [1.165, 1.54) is 36.0 Å².